The van der Waals surface area contributed by atoms with Crippen LogP contribution in [-0.2, 0) is 14.4 Å². The van der Waals surface area contributed by atoms with Crippen molar-refractivity contribution in [2.45, 2.75) is 38.2 Å². The van der Waals surface area contributed by atoms with E-state index in [1.165, 1.54) is 0 Å². The molecule has 0 aliphatic rings. The van der Waals surface area contributed by atoms with Crippen molar-refractivity contribution in [3.8, 4) is 0 Å². The van der Waals surface area contributed by atoms with Crippen molar-refractivity contribution in [1.29, 1.82) is 0 Å². The Labute approximate surface area is 103 Å². The molecule has 0 spiro atoms. The molecule has 0 saturated carbocycles. The third-order valence-corrected chi connectivity index (χ3v) is 2.40. The zero-order chi connectivity index (χ0) is 14.5. The normalized spacial score (nSPS) is 17.4. The van der Waals surface area contributed by atoms with Gasteiger partial charge in [-0.2, -0.15) is 0 Å². The van der Waals surface area contributed by atoms with Crippen LogP contribution < -0.4 is 0 Å². The Kier molecular flexibility index (Phi) is 6.63. The molecule has 0 saturated heterocycles. The van der Waals surface area contributed by atoms with Gasteiger partial charge in [-0.15, -0.1) is 0 Å². The molecule has 8 nitrogen and oxygen atoms in total. The Morgan fingerprint density at radius 1 is 1.11 bits per heavy atom. The number of carbonyl (C=O) groups excluding carboxylic acids is 3. The number of hydrogen-bond acceptors (Lipinski definition) is 7. The third kappa shape index (κ3) is 3.84. The lowest BCUT2D eigenvalue weighted by molar-refractivity contribution is -0.156. The molecule has 0 rings (SSSR count). The molecule has 0 aromatic heterocycles. The highest BCUT2D eigenvalue weighted by Gasteiger charge is 2.37. The van der Waals surface area contributed by atoms with Gasteiger partial charge in [-0.05, 0) is 0 Å². The minimum Gasteiger partial charge on any atom is -0.394 e. The Morgan fingerprint density at radius 3 is 1.83 bits per heavy atom. The van der Waals surface area contributed by atoms with Crippen molar-refractivity contribution in [2.75, 3.05) is 6.61 Å². The van der Waals surface area contributed by atoms with Crippen molar-refractivity contribution in [3.63, 3.8) is 0 Å². The Morgan fingerprint density at radius 2 is 1.56 bits per heavy atom. The first kappa shape index (κ1) is 16.6. The second-order valence-corrected chi connectivity index (χ2v) is 3.77. The maximum atomic E-state index is 11.2. The van der Waals surface area contributed by atoms with E-state index in [4.69, 9.17) is 10.2 Å². The molecule has 0 unspecified atom stereocenters. The number of carbonyl (C=O) groups is 3. The average Bonchev–Trinajstić information content (AvgIpc) is 2.31. The van der Waals surface area contributed by atoms with Gasteiger partial charge in [-0.1, -0.05) is 0 Å². The first-order valence-electron chi connectivity index (χ1n) is 5.18. The molecule has 0 aliphatic heterocycles. The summed E-state index contributed by atoms with van der Waals surface area (Å²) < 4.78 is 0. The first-order chi connectivity index (χ1) is 8.27. The van der Waals surface area contributed by atoms with Crippen LogP contribution in [0.25, 0.3) is 0 Å². The number of aldehydes is 1. The lowest BCUT2D eigenvalue weighted by atomic mass is 10.0. The number of hydrogen-bond donors (Lipinski definition) is 4. The average molecular weight is 263 g/mol. The predicted octanol–water partition coefficient (Wildman–Crippen LogP) is -2.98. The standard InChI is InChI=1S/C10H17NO7/c1-5(14)11(6(2)15)7(3-12)9(17)10(18)8(16)4-13/h3,7-10,13,16-18H,4H2,1-2H3/t7-,8+,9+,10+/m0/s1. The van der Waals surface area contributed by atoms with Gasteiger partial charge in [-0.25, -0.2) is 0 Å². The van der Waals surface area contributed by atoms with Crippen LogP contribution in [0.5, 0.6) is 0 Å². The van der Waals surface area contributed by atoms with Crippen molar-refractivity contribution in [1.82, 2.24) is 4.90 Å². The number of aliphatic hydroxyl groups excluding tert-OH is 4. The highest BCUT2D eigenvalue weighted by atomic mass is 16.4. The second kappa shape index (κ2) is 7.17. The van der Waals surface area contributed by atoms with Crippen molar-refractivity contribution < 1.29 is 34.8 Å². The van der Waals surface area contributed by atoms with Crippen LogP contribution in [0.15, 0.2) is 0 Å². The fourth-order valence-electron chi connectivity index (χ4n) is 1.47. The summed E-state index contributed by atoms with van der Waals surface area (Å²) in [6.45, 7) is 1.18. The second-order valence-electron chi connectivity index (χ2n) is 3.77. The van der Waals surface area contributed by atoms with E-state index in [0.29, 0.717) is 4.90 Å². The van der Waals surface area contributed by atoms with Crippen LogP contribution >= 0.6 is 0 Å². The van der Waals surface area contributed by atoms with Crippen molar-refractivity contribution in [2.24, 2.45) is 0 Å². The molecule has 0 radical (unpaired) electrons. The molecule has 0 bridgehead atoms. The van der Waals surface area contributed by atoms with Crippen molar-refractivity contribution in [3.05, 3.63) is 0 Å². The van der Waals surface area contributed by atoms with E-state index in [1.54, 1.807) is 0 Å². The molecule has 0 aliphatic carbocycles. The van der Waals surface area contributed by atoms with Gasteiger partial charge in [0.05, 0.1) is 6.61 Å². The molecular weight excluding hydrogens is 246 g/mol. The van der Waals surface area contributed by atoms with Crippen LogP contribution in [0.1, 0.15) is 13.8 Å². The lowest BCUT2D eigenvalue weighted by Crippen LogP contribution is -2.56. The molecule has 4 atom stereocenters. The molecule has 4 N–H and O–H groups in total. The zero-order valence-electron chi connectivity index (χ0n) is 10.1. The van der Waals surface area contributed by atoms with Crippen LogP contribution in [-0.4, -0.2) is 74.4 Å². The summed E-state index contributed by atoms with van der Waals surface area (Å²) in [5, 5.41) is 36.8. The Bertz CT molecular complexity index is 305. The van der Waals surface area contributed by atoms with E-state index < -0.39 is 42.8 Å². The first-order valence-corrected chi connectivity index (χ1v) is 5.18. The quantitative estimate of drug-likeness (QED) is 0.375. The van der Waals surface area contributed by atoms with E-state index >= 15 is 0 Å². The Balaban J connectivity index is 5.11. The third-order valence-electron chi connectivity index (χ3n) is 2.40. The maximum Gasteiger partial charge on any atom is 0.226 e. The van der Waals surface area contributed by atoms with Crippen LogP contribution in [0.3, 0.4) is 0 Å². The number of amides is 2. The monoisotopic (exact) mass is 263 g/mol. The van der Waals surface area contributed by atoms with Gasteiger partial charge in [-0.3, -0.25) is 14.5 Å². The molecule has 0 heterocycles. The minimum absolute atomic E-state index is 0.112. The van der Waals surface area contributed by atoms with E-state index in [2.05, 4.69) is 0 Å². The summed E-state index contributed by atoms with van der Waals surface area (Å²) in [7, 11) is 0. The molecule has 0 aromatic carbocycles. The largest absolute Gasteiger partial charge is 0.394 e. The summed E-state index contributed by atoms with van der Waals surface area (Å²) in [4.78, 5) is 33.7. The summed E-state index contributed by atoms with van der Waals surface area (Å²) in [5.74, 6) is -1.58. The minimum atomic E-state index is -1.89. The lowest BCUT2D eigenvalue weighted by Gasteiger charge is -2.31. The highest BCUT2D eigenvalue weighted by Crippen LogP contribution is 2.10. The predicted molar refractivity (Wildman–Crippen MR) is 58.2 cm³/mol. The molecule has 104 valence electrons. The molecule has 18 heavy (non-hydrogen) atoms. The summed E-state index contributed by atoms with van der Waals surface area (Å²) >= 11 is 0. The van der Waals surface area contributed by atoms with Gasteiger partial charge >= 0.3 is 0 Å². The fraction of sp³-hybridized carbons (Fsp3) is 0.700. The van der Waals surface area contributed by atoms with Gasteiger partial charge in [0, 0.05) is 13.8 Å². The molecule has 8 heteroatoms. The molecule has 0 aromatic rings. The topological polar surface area (TPSA) is 135 Å². The van der Waals surface area contributed by atoms with E-state index in [1.807, 2.05) is 0 Å². The molecule has 2 amide bonds. The molecular formula is C10H17NO7. The number of nitrogens with zero attached hydrogens (tertiary/aromatic N) is 1. The Hall–Kier alpha value is -1.35. The zero-order valence-corrected chi connectivity index (χ0v) is 10.1. The van der Waals surface area contributed by atoms with Crippen LogP contribution in [0.2, 0.25) is 0 Å². The number of rotatable bonds is 6. The molecule has 0 fully saturated rings. The van der Waals surface area contributed by atoms with E-state index in [0.717, 1.165) is 13.8 Å². The van der Waals surface area contributed by atoms with Gasteiger partial charge in [0.15, 0.2) is 0 Å². The maximum absolute atomic E-state index is 11.2. The van der Waals surface area contributed by atoms with Crippen molar-refractivity contribution >= 4 is 18.1 Å². The number of aliphatic hydroxyl groups is 4. The SMILES string of the molecule is CC(=O)N(C(C)=O)[C@@H](C=O)[C@@H](O)[C@H](O)[C@H](O)CO. The summed E-state index contributed by atoms with van der Waals surface area (Å²) in [6, 6.07) is -1.63. The van der Waals surface area contributed by atoms with Gasteiger partial charge < -0.3 is 25.2 Å². The van der Waals surface area contributed by atoms with Gasteiger partial charge in [0.1, 0.15) is 30.6 Å². The van der Waals surface area contributed by atoms with Gasteiger partial charge in [0.25, 0.3) is 0 Å². The van der Waals surface area contributed by atoms with Crippen LogP contribution in [0.4, 0.5) is 0 Å². The van der Waals surface area contributed by atoms with Gasteiger partial charge in [0.2, 0.25) is 11.8 Å². The summed E-state index contributed by atoms with van der Waals surface area (Å²) in [6.07, 6.45) is -5.34. The highest BCUT2D eigenvalue weighted by molar-refractivity contribution is 5.95. The smallest absolute Gasteiger partial charge is 0.226 e. The van der Waals surface area contributed by atoms with E-state index in [-0.39, 0.29) is 6.29 Å². The van der Waals surface area contributed by atoms with E-state index in [9.17, 15) is 24.6 Å². The number of imide groups is 1. The summed E-state index contributed by atoms with van der Waals surface area (Å²) in [5.41, 5.74) is 0. The van der Waals surface area contributed by atoms with Crippen LogP contribution in [0, 0.1) is 0 Å². The fourth-order valence-corrected chi connectivity index (χ4v) is 1.47.